The second-order valence-electron chi connectivity index (χ2n) is 10.1. The molecule has 1 N–H and O–H groups in total. The van der Waals surface area contributed by atoms with E-state index in [1.54, 1.807) is 18.2 Å². The normalized spacial score (nSPS) is 19.7. The van der Waals surface area contributed by atoms with Crippen molar-refractivity contribution >= 4 is 44.4 Å². The number of anilines is 1. The summed E-state index contributed by atoms with van der Waals surface area (Å²) in [6.45, 7) is 3.71. The van der Waals surface area contributed by atoms with Crippen LogP contribution in [0.15, 0.2) is 53.8 Å². The monoisotopic (exact) mass is 571 g/mol. The van der Waals surface area contributed by atoms with Crippen LogP contribution in [0.25, 0.3) is 22.4 Å². The SMILES string of the molecule is COC(=O)[C@]1(C)CCCC(Nc2nc(-c3cn(S(=O)(=O)c4ccc(C)cc4)c4ncc(Cl)cc34)ncc2F)C1. The summed E-state index contributed by atoms with van der Waals surface area (Å²) in [5, 5.41) is 3.81. The molecule has 0 amide bonds. The molecule has 0 spiro atoms. The second kappa shape index (κ2) is 10.2. The zero-order chi connectivity index (χ0) is 27.9. The van der Waals surface area contributed by atoms with Crippen LogP contribution in [0, 0.1) is 18.2 Å². The highest BCUT2D eigenvalue weighted by molar-refractivity contribution is 7.90. The molecule has 1 unspecified atom stereocenters. The van der Waals surface area contributed by atoms with E-state index in [4.69, 9.17) is 16.3 Å². The van der Waals surface area contributed by atoms with Gasteiger partial charge in [0.25, 0.3) is 10.0 Å². The van der Waals surface area contributed by atoms with Crippen LogP contribution in [-0.4, -0.2) is 46.5 Å². The highest BCUT2D eigenvalue weighted by Gasteiger charge is 2.40. The van der Waals surface area contributed by atoms with E-state index in [1.165, 1.54) is 31.6 Å². The van der Waals surface area contributed by atoms with Gasteiger partial charge in [0.1, 0.15) is 0 Å². The highest BCUT2D eigenvalue weighted by atomic mass is 35.5. The Hall–Kier alpha value is -3.57. The first-order chi connectivity index (χ1) is 18.5. The molecule has 4 aromatic rings. The average molecular weight is 572 g/mol. The van der Waals surface area contributed by atoms with Gasteiger partial charge in [-0.3, -0.25) is 4.79 Å². The number of pyridine rings is 1. The fraction of sp³-hybridized carbons (Fsp3) is 0.333. The van der Waals surface area contributed by atoms with Crippen molar-refractivity contribution in [2.24, 2.45) is 5.41 Å². The minimum atomic E-state index is -4.02. The van der Waals surface area contributed by atoms with Gasteiger partial charge >= 0.3 is 5.97 Å². The Morgan fingerprint density at radius 1 is 1.23 bits per heavy atom. The van der Waals surface area contributed by atoms with Crippen LogP contribution in [-0.2, 0) is 19.6 Å². The number of carbonyl (C=O) groups excluding carboxylic acids is 1. The molecule has 12 heteroatoms. The minimum Gasteiger partial charge on any atom is -0.469 e. The Morgan fingerprint density at radius 3 is 2.69 bits per heavy atom. The van der Waals surface area contributed by atoms with Crippen LogP contribution in [0.3, 0.4) is 0 Å². The third-order valence-electron chi connectivity index (χ3n) is 7.14. The first-order valence-corrected chi connectivity index (χ1v) is 14.2. The molecule has 3 heterocycles. The molecular weight excluding hydrogens is 545 g/mol. The number of benzene rings is 1. The maximum Gasteiger partial charge on any atom is 0.311 e. The third-order valence-corrected chi connectivity index (χ3v) is 9.01. The van der Waals surface area contributed by atoms with Gasteiger partial charge in [-0.1, -0.05) is 35.7 Å². The number of ether oxygens (including phenoxy) is 1. The van der Waals surface area contributed by atoms with Crippen molar-refractivity contribution in [1.82, 2.24) is 18.9 Å². The molecule has 3 aromatic heterocycles. The topological polar surface area (TPSA) is 116 Å². The van der Waals surface area contributed by atoms with Gasteiger partial charge in [0.15, 0.2) is 23.1 Å². The van der Waals surface area contributed by atoms with Crippen LogP contribution >= 0.6 is 11.6 Å². The molecule has 2 atom stereocenters. The van der Waals surface area contributed by atoms with Crippen molar-refractivity contribution in [3.63, 3.8) is 0 Å². The molecule has 0 radical (unpaired) electrons. The van der Waals surface area contributed by atoms with E-state index in [2.05, 4.69) is 20.3 Å². The molecule has 0 aliphatic heterocycles. The molecule has 1 aliphatic rings. The fourth-order valence-electron chi connectivity index (χ4n) is 5.07. The van der Waals surface area contributed by atoms with Crippen molar-refractivity contribution in [3.05, 3.63) is 65.3 Å². The van der Waals surface area contributed by atoms with Crippen LogP contribution in [0.2, 0.25) is 5.02 Å². The third kappa shape index (κ3) is 5.08. The molecule has 5 rings (SSSR count). The number of aryl methyl sites for hydroxylation is 1. The molecule has 204 valence electrons. The van der Waals surface area contributed by atoms with Crippen molar-refractivity contribution in [3.8, 4) is 11.4 Å². The lowest BCUT2D eigenvalue weighted by molar-refractivity contribution is -0.153. The summed E-state index contributed by atoms with van der Waals surface area (Å²) in [6.07, 6.45) is 6.37. The molecule has 39 heavy (non-hydrogen) atoms. The van der Waals surface area contributed by atoms with Gasteiger partial charge < -0.3 is 10.1 Å². The lowest BCUT2D eigenvalue weighted by Crippen LogP contribution is -2.39. The number of esters is 1. The molecule has 1 aromatic carbocycles. The predicted molar refractivity (Wildman–Crippen MR) is 145 cm³/mol. The number of fused-ring (bicyclic) bond motifs is 1. The van der Waals surface area contributed by atoms with Gasteiger partial charge in [0.2, 0.25) is 0 Å². The lowest BCUT2D eigenvalue weighted by Gasteiger charge is -2.36. The molecular formula is C27H27ClFN5O4S. The number of nitrogens with one attached hydrogen (secondary N) is 1. The van der Waals surface area contributed by atoms with E-state index in [1.807, 2.05) is 13.8 Å². The maximum atomic E-state index is 14.9. The molecule has 1 fully saturated rings. The van der Waals surface area contributed by atoms with Crippen molar-refractivity contribution in [2.45, 2.75) is 50.5 Å². The Kier molecular flexibility index (Phi) is 7.06. The Balaban J connectivity index is 1.55. The summed E-state index contributed by atoms with van der Waals surface area (Å²) in [4.78, 5) is 25.3. The Morgan fingerprint density at radius 2 is 1.97 bits per heavy atom. The number of nitrogens with zero attached hydrogens (tertiary/aromatic N) is 4. The number of hydrogen-bond donors (Lipinski definition) is 1. The van der Waals surface area contributed by atoms with Crippen LogP contribution in [0.5, 0.6) is 0 Å². The maximum absolute atomic E-state index is 14.9. The summed E-state index contributed by atoms with van der Waals surface area (Å²) in [5.74, 6) is -0.921. The lowest BCUT2D eigenvalue weighted by atomic mass is 9.73. The molecule has 1 aliphatic carbocycles. The average Bonchev–Trinajstić information content (AvgIpc) is 3.29. The fourth-order valence-corrected chi connectivity index (χ4v) is 6.55. The summed E-state index contributed by atoms with van der Waals surface area (Å²) in [7, 11) is -2.67. The second-order valence-corrected chi connectivity index (χ2v) is 12.3. The van der Waals surface area contributed by atoms with Gasteiger partial charge in [-0.25, -0.2) is 31.7 Å². The first-order valence-electron chi connectivity index (χ1n) is 12.4. The molecule has 0 saturated heterocycles. The first kappa shape index (κ1) is 27.0. The zero-order valence-corrected chi connectivity index (χ0v) is 23.2. The molecule has 9 nitrogen and oxygen atoms in total. The number of hydrogen-bond acceptors (Lipinski definition) is 8. The van der Waals surface area contributed by atoms with E-state index >= 15 is 0 Å². The standard InChI is InChI=1S/C27H27ClFN5O4S/c1-16-6-8-19(9-7-16)39(36,37)34-15-21(20-11-17(28)13-31-25(20)34)23-30-14-22(29)24(33-23)32-18-5-4-10-27(2,12-18)26(35)38-3/h6-9,11,13-15,18H,4-5,10,12H2,1-3H3,(H,30,32,33)/t18?,27-/m1/s1. The van der Waals surface area contributed by atoms with Crippen molar-refractivity contribution < 1.29 is 22.3 Å². The van der Waals surface area contributed by atoms with E-state index in [0.717, 1.165) is 28.6 Å². The van der Waals surface area contributed by atoms with E-state index < -0.39 is 21.3 Å². The van der Waals surface area contributed by atoms with E-state index in [0.29, 0.717) is 28.8 Å². The van der Waals surface area contributed by atoms with Crippen LogP contribution in [0.4, 0.5) is 10.2 Å². The molecule has 1 saturated carbocycles. The van der Waals surface area contributed by atoms with Gasteiger partial charge in [-0.15, -0.1) is 0 Å². The van der Waals surface area contributed by atoms with Gasteiger partial charge in [-0.2, -0.15) is 0 Å². The summed E-state index contributed by atoms with van der Waals surface area (Å²) >= 11 is 6.21. The van der Waals surface area contributed by atoms with Gasteiger partial charge in [0, 0.05) is 29.4 Å². The smallest absolute Gasteiger partial charge is 0.311 e. The van der Waals surface area contributed by atoms with Crippen molar-refractivity contribution in [1.29, 1.82) is 0 Å². The van der Waals surface area contributed by atoms with Gasteiger partial charge in [0.05, 0.1) is 28.6 Å². The number of carbonyl (C=O) groups is 1. The summed E-state index contributed by atoms with van der Waals surface area (Å²) in [6, 6.07) is 7.81. The summed E-state index contributed by atoms with van der Waals surface area (Å²) in [5.41, 5.74) is 0.693. The number of halogens is 2. The van der Waals surface area contributed by atoms with E-state index in [-0.39, 0.29) is 34.2 Å². The van der Waals surface area contributed by atoms with E-state index in [9.17, 15) is 17.6 Å². The highest BCUT2D eigenvalue weighted by Crippen LogP contribution is 2.38. The van der Waals surface area contributed by atoms with Crippen LogP contribution in [0.1, 0.15) is 38.2 Å². The quantitative estimate of drug-likeness (QED) is 0.307. The summed E-state index contributed by atoms with van der Waals surface area (Å²) < 4.78 is 48.0. The number of methoxy groups -OCH3 is 1. The number of rotatable bonds is 6. The number of aromatic nitrogens is 4. The molecule has 0 bridgehead atoms. The van der Waals surface area contributed by atoms with Crippen molar-refractivity contribution in [2.75, 3.05) is 12.4 Å². The Bertz CT molecular complexity index is 1680. The van der Waals surface area contributed by atoms with Crippen LogP contribution < -0.4 is 5.32 Å². The van der Waals surface area contributed by atoms with Gasteiger partial charge in [-0.05, 0) is 51.3 Å². The minimum absolute atomic E-state index is 0.0450. The zero-order valence-electron chi connectivity index (χ0n) is 21.6. The predicted octanol–water partition coefficient (Wildman–Crippen LogP) is 5.37. The largest absolute Gasteiger partial charge is 0.469 e. The Labute approximate surface area is 230 Å².